The van der Waals surface area contributed by atoms with Crippen LogP contribution in [0.4, 0.5) is 5.95 Å². The Balaban J connectivity index is 1.27. The van der Waals surface area contributed by atoms with Gasteiger partial charge in [0.2, 0.25) is 11.9 Å². The van der Waals surface area contributed by atoms with E-state index in [1.54, 1.807) is 6.92 Å². The second kappa shape index (κ2) is 9.30. The summed E-state index contributed by atoms with van der Waals surface area (Å²) in [6, 6.07) is 15.7. The van der Waals surface area contributed by atoms with Crippen molar-refractivity contribution in [1.82, 2.24) is 24.5 Å². The highest BCUT2D eigenvalue weighted by Gasteiger charge is 2.21. The molecule has 0 saturated carbocycles. The van der Waals surface area contributed by atoms with Crippen LogP contribution in [0, 0.1) is 6.92 Å². The average Bonchev–Trinajstić information content (AvgIpc) is 3.26. The third-order valence-corrected chi connectivity index (χ3v) is 6.49. The fourth-order valence-electron chi connectivity index (χ4n) is 4.31. The molecule has 8 nitrogen and oxygen atoms in total. The standard InChI is InChI=1S/C25H25ClN6O2/c1-16-21(10-11-22(33)31-13-12-18-4-2-3-5-19(18)15-31)23(34)32-25(28-16)29-24(30-32)27-14-17-6-8-20(26)9-7-17/h2-9H,10-15H2,1H3,(H2,27,28,29,30). The Hall–Kier alpha value is -3.65. The number of amides is 1. The van der Waals surface area contributed by atoms with E-state index in [4.69, 9.17) is 11.6 Å². The Bertz CT molecular complexity index is 1410. The van der Waals surface area contributed by atoms with E-state index in [0.717, 1.165) is 12.0 Å². The lowest BCUT2D eigenvalue weighted by Gasteiger charge is -2.29. The zero-order valence-electron chi connectivity index (χ0n) is 18.8. The number of carbonyl (C=O) groups is 1. The first-order valence-electron chi connectivity index (χ1n) is 11.3. The minimum Gasteiger partial charge on any atom is -0.351 e. The van der Waals surface area contributed by atoms with E-state index in [1.807, 2.05) is 41.3 Å². The van der Waals surface area contributed by atoms with Gasteiger partial charge in [-0.15, -0.1) is 0 Å². The van der Waals surface area contributed by atoms with E-state index in [2.05, 4.69) is 32.5 Å². The maximum atomic E-state index is 13.1. The molecule has 2 N–H and O–H groups in total. The molecule has 1 amide bonds. The highest BCUT2D eigenvalue weighted by Crippen LogP contribution is 2.19. The molecule has 0 radical (unpaired) electrons. The van der Waals surface area contributed by atoms with Crippen LogP contribution in [0.3, 0.4) is 0 Å². The van der Waals surface area contributed by atoms with Crippen molar-refractivity contribution in [3.05, 3.63) is 91.9 Å². The van der Waals surface area contributed by atoms with Crippen LogP contribution in [0.2, 0.25) is 5.02 Å². The van der Waals surface area contributed by atoms with Crippen LogP contribution >= 0.6 is 11.6 Å². The van der Waals surface area contributed by atoms with Gasteiger partial charge in [0.05, 0.1) is 5.69 Å². The Morgan fingerprint density at radius 1 is 1.12 bits per heavy atom. The van der Waals surface area contributed by atoms with Gasteiger partial charge in [-0.05, 0) is 48.6 Å². The summed E-state index contributed by atoms with van der Waals surface area (Å²) in [4.78, 5) is 36.7. The van der Waals surface area contributed by atoms with Crippen molar-refractivity contribution in [1.29, 1.82) is 0 Å². The van der Waals surface area contributed by atoms with E-state index >= 15 is 0 Å². The maximum absolute atomic E-state index is 13.1. The number of nitrogens with one attached hydrogen (secondary N) is 2. The molecular formula is C25H25ClN6O2. The van der Waals surface area contributed by atoms with Crippen LogP contribution in [-0.2, 0) is 30.7 Å². The van der Waals surface area contributed by atoms with Gasteiger partial charge >= 0.3 is 0 Å². The Morgan fingerprint density at radius 3 is 2.68 bits per heavy atom. The lowest BCUT2D eigenvalue weighted by Crippen LogP contribution is -2.36. The van der Waals surface area contributed by atoms with E-state index < -0.39 is 0 Å². The molecule has 0 saturated heterocycles. The first-order valence-corrected chi connectivity index (χ1v) is 11.7. The number of fused-ring (bicyclic) bond motifs is 2. The SMILES string of the molecule is Cc1nc2nc(NCc3ccc(Cl)cc3)[nH]n2c(=O)c1CCC(=O)N1CCc2ccccc2C1. The summed E-state index contributed by atoms with van der Waals surface area (Å²) >= 11 is 5.93. The smallest absolute Gasteiger partial charge is 0.277 e. The third kappa shape index (κ3) is 4.54. The molecule has 0 bridgehead atoms. The lowest BCUT2D eigenvalue weighted by atomic mass is 9.99. The number of hydrogen-bond donors (Lipinski definition) is 2. The van der Waals surface area contributed by atoms with Crippen LogP contribution < -0.4 is 10.9 Å². The number of rotatable bonds is 6. The molecule has 1 aliphatic rings. The van der Waals surface area contributed by atoms with Crippen molar-refractivity contribution in [2.24, 2.45) is 0 Å². The summed E-state index contributed by atoms with van der Waals surface area (Å²) in [6.07, 6.45) is 1.46. The zero-order valence-corrected chi connectivity index (χ0v) is 19.6. The minimum absolute atomic E-state index is 0.0494. The predicted octanol–water partition coefficient (Wildman–Crippen LogP) is 3.51. The minimum atomic E-state index is -0.230. The van der Waals surface area contributed by atoms with Crippen molar-refractivity contribution in [3.8, 4) is 0 Å². The fraction of sp³-hybridized carbons (Fsp3) is 0.280. The summed E-state index contributed by atoms with van der Waals surface area (Å²) in [6.45, 7) is 3.63. The maximum Gasteiger partial charge on any atom is 0.277 e. The molecule has 0 fully saturated rings. The number of nitrogens with zero attached hydrogens (tertiary/aromatic N) is 4. The predicted molar refractivity (Wildman–Crippen MR) is 131 cm³/mol. The van der Waals surface area contributed by atoms with Crippen molar-refractivity contribution >= 4 is 29.2 Å². The van der Waals surface area contributed by atoms with Gasteiger partial charge in [-0.2, -0.15) is 9.50 Å². The molecular weight excluding hydrogens is 452 g/mol. The molecule has 0 spiro atoms. The number of aromatic nitrogens is 4. The summed E-state index contributed by atoms with van der Waals surface area (Å²) in [5.41, 5.74) is 4.41. The van der Waals surface area contributed by atoms with E-state index in [9.17, 15) is 9.59 Å². The van der Waals surface area contributed by atoms with Gasteiger partial charge in [0.25, 0.3) is 11.3 Å². The van der Waals surface area contributed by atoms with E-state index in [0.29, 0.717) is 54.1 Å². The zero-order chi connectivity index (χ0) is 23.7. The normalized spacial score (nSPS) is 13.2. The molecule has 174 valence electrons. The molecule has 4 aromatic rings. The summed E-state index contributed by atoms with van der Waals surface area (Å²) in [5, 5.41) is 6.82. The molecule has 2 aromatic heterocycles. The number of benzene rings is 2. The number of halogens is 1. The highest BCUT2D eigenvalue weighted by molar-refractivity contribution is 6.30. The van der Waals surface area contributed by atoms with Gasteiger partial charge in [0.15, 0.2) is 0 Å². The second-order valence-corrected chi connectivity index (χ2v) is 8.94. The largest absolute Gasteiger partial charge is 0.351 e. The van der Waals surface area contributed by atoms with Crippen LogP contribution in [0.5, 0.6) is 0 Å². The number of aryl methyl sites for hydroxylation is 1. The van der Waals surface area contributed by atoms with Crippen LogP contribution in [0.1, 0.15) is 34.4 Å². The number of carbonyl (C=O) groups excluding carboxylic acids is 1. The quantitative estimate of drug-likeness (QED) is 0.444. The molecule has 1 aliphatic heterocycles. The lowest BCUT2D eigenvalue weighted by molar-refractivity contribution is -0.132. The summed E-state index contributed by atoms with van der Waals surface area (Å²) in [5.74, 6) is 0.788. The number of anilines is 1. The van der Waals surface area contributed by atoms with Crippen molar-refractivity contribution in [3.63, 3.8) is 0 Å². The van der Waals surface area contributed by atoms with Gasteiger partial charge in [0.1, 0.15) is 0 Å². The number of H-pyrrole nitrogens is 1. The fourth-order valence-corrected chi connectivity index (χ4v) is 4.43. The first-order chi connectivity index (χ1) is 16.5. The third-order valence-electron chi connectivity index (χ3n) is 6.24. The van der Waals surface area contributed by atoms with E-state index in [-0.39, 0.29) is 17.9 Å². The van der Waals surface area contributed by atoms with Crippen LogP contribution in [0.25, 0.3) is 5.78 Å². The van der Waals surface area contributed by atoms with Crippen LogP contribution in [0.15, 0.2) is 53.3 Å². The Morgan fingerprint density at radius 2 is 1.88 bits per heavy atom. The molecule has 0 unspecified atom stereocenters. The molecule has 9 heteroatoms. The molecule has 2 aromatic carbocycles. The van der Waals surface area contributed by atoms with Gasteiger partial charge in [-0.25, -0.2) is 4.98 Å². The molecule has 0 aliphatic carbocycles. The molecule has 5 rings (SSSR count). The van der Waals surface area contributed by atoms with Crippen molar-refractivity contribution in [2.45, 2.75) is 39.3 Å². The molecule has 0 atom stereocenters. The summed E-state index contributed by atoms with van der Waals surface area (Å²) in [7, 11) is 0. The van der Waals surface area contributed by atoms with E-state index in [1.165, 1.54) is 15.6 Å². The van der Waals surface area contributed by atoms with Gasteiger partial charge in [-0.1, -0.05) is 48.0 Å². The van der Waals surface area contributed by atoms with Gasteiger partial charge in [0, 0.05) is 36.6 Å². The second-order valence-electron chi connectivity index (χ2n) is 8.50. The molecule has 3 heterocycles. The highest BCUT2D eigenvalue weighted by atomic mass is 35.5. The number of hydrogen-bond acceptors (Lipinski definition) is 5. The Kier molecular flexibility index (Phi) is 6.06. The number of aromatic amines is 1. The van der Waals surface area contributed by atoms with Crippen molar-refractivity contribution in [2.75, 3.05) is 11.9 Å². The first kappa shape index (κ1) is 22.2. The Labute approximate surface area is 201 Å². The van der Waals surface area contributed by atoms with Gasteiger partial charge < -0.3 is 10.2 Å². The van der Waals surface area contributed by atoms with Gasteiger partial charge in [-0.3, -0.25) is 14.7 Å². The summed E-state index contributed by atoms with van der Waals surface area (Å²) < 4.78 is 1.33. The topological polar surface area (TPSA) is 95.4 Å². The monoisotopic (exact) mass is 476 g/mol. The van der Waals surface area contributed by atoms with Crippen LogP contribution in [-0.4, -0.2) is 36.9 Å². The van der Waals surface area contributed by atoms with Crippen molar-refractivity contribution < 1.29 is 4.79 Å². The molecule has 34 heavy (non-hydrogen) atoms. The average molecular weight is 477 g/mol.